The molecule has 1 aromatic carbocycles. The summed E-state index contributed by atoms with van der Waals surface area (Å²) in [4.78, 5) is 0. The summed E-state index contributed by atoms with van der Waals surface area (Å²) in [6.45, 7) is 0. The molecule has 0 saturated heterocycles. The predicted molar refractivity (Wildman–Crippen MR) is 68.2 cm³/mol. The van der Waals surface area contributed by atoms with E-state index in [0.29, 0.717) is 0 Å². The minimum atomic E-state index is -3.59. The van der Waals surface area contributed by atoms with Crippen molar-refractivity contribution < 1.29 is 13.5 Å². The zero-order valence-electron chi connectivity index (χ0n) is 8.42. The first-order valence-electron chi connectivity index (χ1n) is 4.54. The predicted octanol–water partition coefficient (Wildman–Crippen LogP) is 2.91. The monoisotopic (exact) mass is 289 g/mol. The molecule has 17 heavy (non-hydrogen) atoms. The van der Waals surface area contributed by atoms with Gasteiger partial charge in [-0.2, -0.15) is 0 Å². The van der Waals surface area contributed by atoms with Gasteiger partial charge in [-0.15, -0.1) is 11.3 Å². The Balaban J connectivity index is 2.30. The van der Waals surface area contributed by atoms with Gasteiger partial charge in [-0.25, -0.2) is 8.42 Å². The highest BCUT2D eigenvalue weighted by atomic mass is 35.5. The molecular weight excluding hydrogens is 282 g/mol. The molecule has 4 nitrogen and oxygen atoms in total. The van der Waals surface area contributed by atoms with Crippen LogP contribution in [0.15, 0.2) is 39.9 Å². The molecule has 2 aromatic rings. The van der Waals surface area contributed by atoms with E-state index in [2.05, 4.69) is 4.72 Å². The number of phenolic OH excluding ortho intramolecular Hbond substituents is 1. The number of thiophene rings is 1. The van der Waals surface area contributed by atoms with Gasteiger partial charge in [-0.05, 0) is 23.6 Å². The van der Waals surface area contributed by atoms with Crippen LogP contribution >= 0.6 is 22.9 Å². The fraction of sp³-hybridized carbons (Fsp3) is 0. The summed E-state index contributed by atoms with van der Waals surface area (Å²) in [5, 5.41) is 11.2. The standard InChI is InChI=1S/C10H8ClNO3S2/c11-8-4-3-7(6-9(8)13)12-17(14,15)10-2-1-5-16-10/h1-6,12-13H. The van der Waals surface area contributed by atoms with Crippen molar-refractivity contribution in [2.24, 2.45) is 0 Å². The first-order valence-corrected chi connectivity index (χ1v) is 7.28. The fourth-order valence-corrected chi connectivity index (χ4v) is 3.36. The molecule has 0 atom stereocenters. The van der Waals surface area contributed by atoms with Crippen LogP contribution in [0, 0.1) is 0 Å². The van der Waals surface area contributed by atoms with Crippen molar-refractivity contribution in [3.63, 3.8) is 0 Å². The van der Waals surface area contributed by atoms with Gasteiger partial charge in [0.2, 0.25) is 0 Å². The van der Waals surface area contributed by atoms with Crippen LogP contribution in [0.5, 0.6) is 5.75 Å². The summed E-state index contributed by atoms with van der Waals surface area (Å²) in [6, 6.07) is 7.31. The molecule has 2 rings (SSSR count). The molecule has 7 heteroatoms. The van der Waals surface area contributed by atoms with Gasteiger partial charge >= 0.3 is 0 Å². The van der Waals surface area contributed by atoms with Gasteiger partial charge < -0.3 is 5.11 Å². The normalized spacial score (nSPS) is 11.4. The Hall–Kier alpha value is -1.24. The summed E-state index contributed by atoms with van der Waals surface area (Å²) in [6.07, 6.45) is 0. The first-order chi connectivity index (χ1) is 7.99. The molecule has 1 heterocycles. The number of benzene rings is 1. The number of sulfonamides is 1. The Morgan fingerprint density at radius 2 is 2.06 bits per heavy atom. The summed E-state index contributed by atoms with van der Waals surface area (Å²) < 4.78 is 26.3. The maximum Gasteiger partial charge on any atom is 0.271 e. The van der Waals surface area contributed by atoms with Crippen molar-refractivity contribution in [3.05, 3.63) is 40.7 Å². The average Bonchev–Trinajstić information content (AvgIpc) is 2.77. The van der Waals surface area contributed by atoms with E-state index in [9.17, 15) is 13.5 Å². The molecule has 1 aromatic heterocycles. The molecule has 0 fully saturated rings. The van der Waals surface area contributed by atoms with E-state index in [-0.39, 0.29) is 20.7 Å². The quantitative estimate of drug-likeness (QED) is 0.913. The van der Waals surface area contributed by atoms with E-state index in [1.165, 1.54) is 24.3 Å². The minimum Gasteiger partial charge on any atom is -0.506 e. The van der Waals surface area contributed by atoms with Gasteiger partial charge in [0.15, 0.2) is 0 Å². The molecule has 2 N–H and O–H groups in total. The second kappa shape index (κ2) is 4.56. The van der Waals surface area contributed by atoms with Crippen molar-refractivity contribution in [2.45, 2.75) is 4.21 Å². The summed E-state index contributed by atoms with van der Waals surface area (Å²) in [7, 11) is -3.59. The Kier molecular flexibility index (Phi) is 3.28. The molecule has 0 bridgehead atoms. The number of phenols is 1. The summed E-state index contributed by atoms with van der Waals surface area (Å²) >= 11 is 6.74. The van der Waals surface area contributed by atoms with Gasteiger partial charge in [-0.1, -0.05) is 17.7 Å². The maximum atomic E-state index is 11.8. The molecular formula is C10H8ClNO3S2. The average molecular weight is 290 g/mol. The smallest absolute Gasteiger partial charge is 0.271 e. The van der Waals surface area contributed by atoms with Crippen LogP contribution in [0.2, 0.25) is 5.02 Å². The second-order valence-corrected chi connectivity index (χ2v) is 6.47. The van der Waals surface area contributed by atoms with E-state index in [1.807, 2.05) is 0 Å². The van der Waals surface area contributed by atoms with Crippen molar-refractivity contribution in [3.8, 4) is 5.75 Å². The highest BCUT2D eigenvalue weighted by Crippen LogP contribution is 2.28. The van der Waals surface area contributed by atoms with Crippen LogP contribution in [0.1, 0.15) is 0 Å². The Morgan fingerprint density at radius 3 is 2.65 bits per heavy atom. The van der Waals surface area contributed by atoms with E-state index in [0.717, 1.165) is 11.3 Å². The molecule has 90 valence electrons. The molecule has 0 aliphatic carbocycles. The molecule has 0 saturated carbocycles. The SMILES string of the molecule is O=S(=O)(Nc1ccc(Cl)c(O)c1)c1cccs1. The molecule has 0 aliphatic rings. The van der Waals surface area contributed by atoms with Crippen molar-refractivity contribution in [2.75, 3.05) is 4.72 Å². The third-order valence-electron chi connectivity index (χ3n) is 1.96. The minimum absolute atomic E-state index is 0.168. The Bertz CT molecular complexity index is 623. The lowest BCUT2D eigenvalue weighted by Crippen LogP contribution is -2.11. The molecule has 0 aliphatic heterocycles. The third-order valence-corrected chi connectivity index (χ3v) is 5.06. The Morgan fingerprint density at radius 1 is 1.29 bits per heavy atom. The first kappa shape index (κ1) is 12.2. The largest absolute Gasteiger partial charge is 0.506 e. The second-order valence-electron chi connectivity index (χ2n) is 3.20. The maximum absolute atomic E-state index is 11.8. The topological polar surface area (TPSA) is 66.4 Å². The number of hydrogen-bond donors (Lipinski definition) is 2. The zero-order valence-corrected chi connectivity index (χ0v) is 10.8. The van der Waals surface area contributed by atoms with Crippen LogP contribution in [-0.4, -0.2) is 13.5 Å². The van der Waals surface area contributed by atoms with Gasteiger partial charge in [0.1, 0.15) is 9.96 Å². The number of aromatic hydroxyl groups is 1. The molecule has 0 radical (unpaired) electrons. The van der Waals surface area contributed by atoms with E-state index < -0.39 is 10.0 Å². The number of nitrogens with one attached hydrogen (secondary N) is 1. The number of anilines is 1. The molecule has 0 spiro atoms. The highest BCUT2D eigenvalue weighted by molar-refractivity contribution is 7.94. The summed E-state index contributed by atoms with van der Waals surface area (Å²) in [5.41, 5.74) is 0.264. The van der Waals surface area contributed by atoms with Crippen LogP contribution in [0.4, 0.5) is 5.69 Å². The van der Waals surface area contributed by atoms with E-state index >= 15 is 0 Å². The third kappa shape index (κ3) is 2.71. The van der Waals surface area contributed by atoms with Crippen LogP contribution < -0.4 is 4.72 Å². The highest BCUT2D eigenvalue weighted by Gasteiger charge is 2.15. The molecule has 0 unspecified atom stereocenters. The lowest BCUT2D eigenvalue weighted by atomic mass is 10.3. The van der Waals surface area contributed by atoms with Crippen molar-refractivity contribution >= 4 is 38.6 Å². The number of halogens is 1. The lowest BCUT2D eigenvalue weighted by molar-refractivity contribution is 0.476. The fourth-order valence-electron chi connectivity index (χ4n) is 1.20. The number of rotatable bonds is 3. The van der Waals surface area contributed by atoms with Gasteiger partial charge in [0.25, 0.3) is 10.0 Å². The van der Waals surface area contributed by atoms with Crippen LogP contribution in [0.25, 0.3) is 0 Å². The van der Waals surface area contributed by atoms with Crippen LogP contribution in [0.3, 0.4) is 0 Å². The van der Waals surface area contributed by atoms with Crippen LogP contribution in [-0.2, 0) is 10.0 Å². The van der Waals surface area contributed by atoms with Gasteiger partial charge in [0.05, 0.1) is 10.7 Å². The van der Waals surface area contributed by atoms with Crippen molar-refractivity contribution in [1.29, 1.82) is 0 Å². The van der Waals surface area contributed by atoms with Gasteiger partial charge in [0, 0.05) is 6.07 Å². The van der Waals surface area contributed by atoms with Gasteiger partial charge in [-0.3, -0.25) is 4.72 Å². The van der Waals surface area contributed by atoms with E-state index in [4.69, 9.17) is 11.6 Å². The Labute approximate surface area is 108 Å². The van der Waals surface area contributed by atoms with E-state index in [1.54, 1.807) is 11.4 Å². The lowest BCUT2D eigenvalue weighted by Gasteiger charge is -2.06. The molecule has 0 amide bonds. The zero-order chi connectivity index (χ0) is 12.5. The summed E-state index contributed by atoms with van der Waals surface area (Å²) in [5.74, 6) is -0.168. The number of hydrogen-bond acceptors (Lipinski definition) is 4. The van der Waals surface area contributed by atoms with Crippen molar-refractivity contribution in [1.82, 2.24) is 0 Å².